The average molecular weight is 325 g/mol. The van der Waals surface area contributed by atoms with E-state index in [9.17, 15) is 9.18 Å². The van der Waals surface area contributed by atoms with E-state index < -0.39 is 5.97 Å². The van der Waals surface area contributed by atoms with E-state index in [0.29, 0.717) is 16.3 Å². The fraction of sp³-hybridized carbons (Fsp3) is 0.222. The van der Waals surface area contributed by atoms with E-state index in [1.54, 1.807) is 30.5 Å². The van der Waals surface area contributed by atoms with Crippen LogP contribution in [0.5, 0.6) is 0 Å². The summed E-state index contributed by atoms with van der Waals surface area (Å²) in [7, 11) is 0. The number of hydrogen-bond acceptors (Lipinski definition) is 5. The van der Waals surface area contributed by atoms with Crippen LogP contribution in [0, 0.1) is 5.82 Å². The first-order chi connectivity index (χ1) is 11.7. The standard InChI is InChI=1S/C18H16FN3O2/c19-15-6-5-14(12-3-1-2-4-13(12)15)17-21-16(18(23)24-17)11-22-9-7-20-8-10-22/h1-6,11,20H,7-10H2. The number of carbonyl (C=O) groups is 1. The highest BCUT2D eigenvalue weighted by atomic mass is 19.1. The molecule has 0 aliphatic carbocycles. The summed E-state index contributed by atoms with van der Waals surface area (Å²) < 4.78 is 19.3. The molecule has 0 aromatic heterocycles. The Bertz CT molecular complexity index is 870. The lowest BCUT2D eigenvalue weighted by Crippen LogP contribution is -2.40. The number of cyclic esters (lactones) is 1. The lowest BCUT2D eigenvalue weighted by molar-refractivity contribution is -0.130. The van der Waals surface area contributed by atoms with Crippen molar-refractivity contribution < 1.29 is 13.9 Å². The molecule has 1 N–H and O–H groups in total. The van der Waals surface area contributed by atoms with Crippen LogP contribution in [0.25, 0.3) is 10.8 Å². The van der Waals surface area contributed by atoms with Crippen LogP contribution < -0.4 is 5.32 Å². The summed E-state index contributed by atoms with van der Waals surface area (Å²) in [6.07, 6.45) is 1.74. The van der Waals surface area contributed by atoms with Gasteiger partial charge in [-0.2, -0.15) is 0 Å². The van der Waals surface area contributed by atoms with Crippen molar-refractivity contribution in [3.63, 3.8) is 0 Å². The van der Waals surface area contributed by atoms with Crippen molar-refractivity contribution in [3.8, 4) is 0 Å². The summed E-state index contributed by atoms with van der Waals surface area (Å²) in [6, 6.07) is 10.0. The van der Waals surface area contributed by atoms with E-state index in [0.717, 1.165) is 26.2 Å². The molecule has 0 unspecified atom stereocenters. The van der Waals surface area contributed by atoms with Crippen LogP contribution in [-0.2, 0) is 9.53 Å². The van der Waals surface area contributed by atoms with Gasteiger partial charge in [-0.15, -0.1) is 0 Å². The lowest BCUT2D eigenvalue weighted by Gasteiger charge is -2.25. The summed E-state index contributed by atoms with van der Waals surface area (Å²) in [5.74, 6) is -0.564. The fourth-order valence-corrected chi connectivity index (χ4v) is 2.95. The number of fused-ring (bicyclic) bond motifs is 1. The molecule has 0 amide bonds. The zero-order valence-electron chi connectivity index (χ0n) is 13.0. The number of benzene rings is 2. The van der Waals surface area contributed by atoms with Gasteiger partial charge in [0.2, 0.25) is 5.90 Å². The molecule has 2 aromatic carbocycles. The average Bonchev–Trinajstić information content (AvgIpc) is 2.97. The maximum Gasteiger partial charge on any atom is 0.365 e. The minimum atomic E-state index is -0.475. The molecule has 0 spiro atoms. The number of nitrogens with one attached hydrogen (secondary N) is 1. The van der Waals surface area contributed by atoms with Gasteiger partial charge in [-0.3, -0.25) is 0 Å². The molecule has 24 heavy (non-hydrogen) atoms. The Morgan fingerprint density at radius 2 is 1.88 bits per heavy atom. The third kappa shape index (κ3) is 2.65. The summed E-state index contributed by atoms with van der Waals surface area (Å²) >= 11 is 0. The van der Waals surface area contributed by atoms with E-state index in [1.807, 2.05) is 11.0 Å². The van der Waals surface area contributed by atoms with Gasteiger partial charge < -0.3 is 15.0 Å². The molecule has 1 saturated heterocycles. The van der Waals surface area contributed by atoms with E-state index in [2.05, 4.69) is 10.3 Å². The second kappa shape index (κ2) is 6.05. The Morgan fingerprint density at radius 3 is 2.67 bits per heavy atom. The van der Waals surface area contributed by atoms with Crippen LogP contribution in [0.15, 0.2) is 53.3 Å². The molecule has 6 heteroatoms. The minimum absolute atomic E-state index is 0.220. The number of aliphatic imine (C=N–C) groups is 1. The summed E-state index contributed by atoms with van der Waals surface area (Å²) in [4.78, 5) is 18.5. The van der Waals surface area contributed by atoms with Crippen LogP contribution in [0.3, 0.4) is 0 Å². The first kappa shape index (κ1) is 14.8. The first-order valence-electron chi connectivity index (χ1n) is 7.87. The number of esters is 1. The van der Waals surface area contributed by atoms with Gasteiger partial charge in [0.1, 0.15) is 5.82 Å². The summed E-state index contributed by atoms with van der Waals surface area (Å²) in [5.41, 5.74) is 0.893. The Balaban J connectivity index is 1.72. The zero-order chi connectivity index (χ0) is 16.5. The Kier molecular flexibility index (Phi) is 3.74. The topological polar surface area (TPSA) is 53.9 Å². The van der Waals surface area contributed by atoms with Gasteiger partial charge in [0, 0.05) is 43.3 Å². The molecule has 4 rings (SSSR count). The number of rotatable bonds is 2. The zero-order valence-corrected chi connectivity index (χ0v) is 13.0. The Labute approximate surface area is 138 Å². The molecule has 2 heterocycles. The van der Waals surface area contributed by atoms with Crippen molar-refractivity contribution in [1.82, 2.24) is 10.2 Å². The van der Waals surface area contributed by atoms with Crippen LogP contribution >= 0.6 is 0 Å². The van der Waals surface area contributed by atoms with Crippen LogP contribution in [0.2, 0.25) is 0 Å². The first-order valence-corrected chi connectivity index (χ1v) is 7.87. The predicted octanol–water partition coefficient (Wildman–Crippen LogP) is 2.03. The van der Waals surface area contributed by atoms with Crippen molar-refractivity contribution in [2.45, 2.75) is 0 Å². The smallest absolute Gasteiger partial charge is 0.365 e. The van der Waals surface area contributed by atoms with Crippen molar-refractivity contribution in [1.29, 1.82) is 0 Å². The molecule has 0 atom stereocenters. The molecular formula is C18H16FN3O2. The third-order valence-electron chi connectivity index (χ3n) is 4.18. The summed E-state index contributed by atoms with van der Waals surface area (Å²) in [5, 5.41) is 4.41. The quantitative estimate of drug-likeness (QED) is 0.678. The van der Waals surface area contributed by atoms with Crippen molar-refractivity contribution in [2.24, 2.45) is 4.99 Å². The van der Waals surface area contributed by atoms with Crippen molar-refractivity contribution >= 4 is 22.6 Å². The van der Waals surface area contributed by atoms with Crippen molar-refractivity contribution in [3.05, 3.63) is 59.7 Å². The second-order valence-electron chi connectivity index (χ2n) is 5.75. The Morgan fingerprint density at radius 1 is 1.12 bits per heavy atom. The predicted molar refractivity (Wildman–Crippen MR) is 89.1 cm³/mol. The molecule has 2 aliphatic rings. The Hall–Kier alpha value is -2.73. The second-order valence-corrected chi connectivity index (χ2v) is 5.75. The molecule has 122 valence electrons. The third-order valence-corrected chi connectivity index (χ3v) is 4.18. The van der Waals surface area contributed by atoms with Crippen molar-refractivity contribution in [2.75, 3.05) is 26.2 Å². The molecule has 5 nitrogen and oxygen atoms in total. The van der Waals surface area contributed by atoms with Crippen LogP contribution in [0.4, 0.5) is 4.39 Å². The maximum atomic E-state index is 13.9. The lowest BCUT2D eigenvalue weighted by atomic mass is 10.0. The monoisotopic (exact) mass is 325 g/mol. The van der Waals surface area contributed by atoms with Crippen LogP contribution in [0.1, 0.15) is 5.56 Å². The largest absolute Gasteiger partial charge is 0.402 e. The number of carbonyl (C=O) groups excluding carboxylic acids is 1. The van der Waals surface area contributed by atoms with E-state index >= 15 is 0 Å². The minimum Gasteiger partial charge on any atom is -0.402 e. The van der Waals surface area contributed by atoms with Gasteiger partial charge in [-0.05, 0) is 17.5 Å². The van der Waals surface area contributed by atoms with Gasteiger partial charge in [0.05, 0.1) is 0 Å². The molecule has 0 saturated carbocycles. The highest BCUT2D eigenvalue weighted by Crippen LogP contribution is 2.26. The molecule has 0 bridgehead atoms. The van der Waals surface area contributed by atoms with Gasteiger partial charge in [0.15, 0.2) is 5.70 Å². The van der Waals surface area contributed by atoms with E-state index in [-0.39, 0.29) is 17.4 Å². The number of nitrogens with zero attached hydrogens (tertiary/aromatic N) is 2. The number of piperazine rings is 1. The normalized spacial score (nSPS) is 19.7. The number of halogens is 1. The fourth-order valence-electron chi connectivity index (χ4n) is 2.95. The van der Waals surface area contributed by atoms with Gasteiger partial charge in [-0.25, -0.2) is 14.2 Å². The highest BCUT2D eigenvalue weighted by Gasteiger charge is 2.26. The van der Waals surface area contributed by atoms with Gasteiger partial charge >= 0.3 is 5.97 Å². The summed E-state index contributed by atoms with van der Waals surface area (Å²) in [6.45, 7) is 3.39. The van der Waals surface area contributed by atoms with Gasteiger partial charge in [0.25, 0.3) is 0 Å². The van der Waals surface area contributed by atoms with Gasteiger partial charge in [-0.1, -0.05) is 24.3 Å². The molecule has 0 radical (unpaired) electrons. The highest BCUT2D eigenvalue weighted by molar-refractivity contribution is 6.16. The number of ether oxygens (including phenoxy) is 1. The molecule has 1 fully saturated rings. The SMILES string of the molecule is O=C1OC(c2ccc(F)c3ccccc23)=NC1=CN1CCNCC1. The van der Waals surface area contributed by atoms with E-state index in [4.69, 9.17) is 4.74 Å². The molecule has 2 aromatic rings. The number of hydrogen-bond donors (Lipinski definition) is 1. The van der Waals surface area contributed by atoms with E-state index in [1.165, 1.54) is 6.07 Å². The maximum absolute atomic E-state index is 13.9. The molecular weight excluding hydrogens is 309 g/mol. The molecule has 2 aliphatic heterocycles. The van der Waals surface area contributed by atoms with Crippen LogP contribution in [-0.4, -0.2) is 42.9 Å².